The molecule has 25 heavy (non-hydrogen) atoms. The summed E-state index contributed by atoms with van der Waals surface area (Å²) in [6.07, 6.45) is 0.396. The number of piperidine rings is 1. The zero-order chi connectivity index (χ0) is 17.8. The van der Waals surface area contributed by atoms with Crippen molar-refractivity contribution in [3.05, 3.63) is 5.89 Å². The fourth-order valence-corrected chi connectivity index (χ4v) is 3.67. The molecule has 1 aliphatic heterocycles. The molecular weight excluding hydrogens is 337 g/mol. The predicted octanol–water partition coefficient (Wildman–Crippen LogP) is 2.94. The van der Waals surface area contributed by atoms with E-state index in [1.54, 1.807) is 6.92 Å². The van der Waals surface area contributed by atoms with E-state index in [1.807, 2.05) is 4.90 Å². The number of hydrogen-bond donors (Lipinski definition) is 1. The number of likely N-dealkylation sites (tertiary alicyclic amines) is 1. The summed E-state index contributed by atoms with van der Waals surface area (Å²) < 4.78 is 43.1. The standard InChI is InChI=1S/C16H21F3N4O2/c1-9(13(24)23-6-4-15(2-3-15)5-7-23)20-14-22-21-12(25-14)10-8-11(10)16(17,18)19/h9-11H,2-8H2,1H3,(H,20,22)/t9-,10?,11?/m0/s1. The smallest absolute Gasteiger partial charge is 0.392 e. The molecule has 6 nitrogen and oxygen atoms in total. The third kappa shape index (κ3) is 3.32. The van der Waals surface area contributed by atoms with Gasteiger partial charge in [0.25, 0.3) is 0 Å². The first kappa shape index (κ1) is 16.7. The molecule has 0 bridgehead atoms. The van der Waals surface area contributed by atoms with Gasteiger partial charge in [0.05, 0.1) is 5.92 Å². The molecule has 2 saturated carbocycles. The van der Waals surface area contributed by atoms with Gasteiger partial charge in [0, 0.05) is 19.0 Å². The Hall–Kier alpha value is -1.80. The maximum Gasteiger partial charge on any atom is 0.392 e. The summed E-state index contributed by atoms with van der Waals surface area (Å²) in [6, 6.07) is -0.557. The summed E-state index contributed by atoms with van der Waals surface area (Å²) in [6.45, 7) is 3.22. The molecule has 0 aromatic carbocycles. The Labute approximate surface area is 143 Å². The molecule has 1 aromatic heterocycles. The lowest BCUT2D eigenvalue weighted by Gasteiger charge is -2.33. The minimum absolute atomic E-state index is 0.000605. The number of amides is 1. The van der Waals surface area contributed by atoms with Gasteiger partial charge in [0.1, 0.15) is 6.04 Å². The summed E-state index contributed by atoms with van der Waals surface area (Å²) >= 11 is 0. The van der Waals surface area contributed by atoms with Gasteiger partial charge in [0.15, 0.2) is 0 Å². The second-order valence-corrected chi connectivity index (χ2v) is 7.63. The largest absolute Gasteiger partial charge is 0.408 e. The van der Waals surface area contributed by atoms with E-state index in [9.17, 15) is 18.0 Å². The molecule has 3 aliphatic rings. The molecule has 0 radical (unpaired) electrons. The van der Waals surface area contributed by atoms with Crippen LogP contribution in [-0.2, 0) is 4.79 Å². The fraction of sp³-hybridized carbons (Fsp3) is 0.812. The lowest BCUT2D eigenvalue weighted by molar-refractivity contribution is -0.149. The number of carbonyl (C=O) groups is 1. The van der Waals surface area contributed by atoms with Gasteiger partial charge in [-0.1, -0.05) is 5.10 Å². The van der Waals surface area contributed by atoms with Crippen molar-refractivity contribution in [2.45, 2.75) is 57.2 Å². The second kappa shape index (κ2) is 5.60. The molecule has 9 heteroatoms. The third-order valence-corrected chi connectivity index (χ3v) is 5.77. The molecular formula is C16H21F3N4O2. The zero-order valence-electron chi connectivity index (χ0n) is 14.0. The highest BCUT2D eigenvalue weighted by Gasteiger charge is 2.58. The van der Waals surface area contributed by atoms with Crippen LogP contribution in [0.15, 0.2) is 4.42 Å². The van der Waals surface area contributed by atoms with Crippen molar-refractivity contribution in [2.24, 2.45) is 11.3 Å². The first-order chi connectivity index (χ1) is 11.8. The number of carbonyl (C=O) groups excluding carboxylic acids is 1. The Kier molecular flexibility index (Phi) is 3.73. The maximum atomic E-state index is 12.6. The molecule has 1 N–H and O–H groups in total. The van der Waals surface area contributed by atoms with E-state index in [0.29, 0.717) is 5.41 Å². The van der Waals surface area contributed by atoms with E-state index < -0.39 is 24.1 Å². The summed E-state index contributed by atoms with van der Waals surface area (Å²) in [5.41, 5.74) is 0.494. The van der Waals surface area contributed by atoms with Crippen LogP contribution in [0.5, 0.6) is 0 Å². The second-order valence-electron chi connectivity index (χ2n) is 7.63. The van der Waals surface area contributed by atoms with Crippen molar-refractivity contribution in [3.63, 3.8) is 0 Å². The Morgan fingerprint density at radius 2 is 1.96 bits per heavy atom. The number of hydrogen-bond acceptors (Lipinski definition) is 5. The van der Waals surface area contributed by atoms with Crippen LogP contribution in [0.3, 0.4) is 0 Å². The average molecular weight is 358 g/mol. The lowest BCUT2D eigenvalue weighted by atomic mass is 9.93. The number of nitrogens with one attached hydrogen (secondary N) is 1. The molecule has 1 saturated heterocycles. The Morgan fingerprint density at radius 1 is 1.28 bits per heavy atom. The highest BCUT2D eigenvalue weighted by molar-refractivity contribution is 5.83. The Bertz CT molecular complexity index is 661. The lowest BCUT2D eigenvalue weighted by Crippen LogP contribution is -2.45. The number of rotatable bonds is 4. The molecule has 1 spiro atoms. The van der Waals surface area contributed by atoms with Crippen LogP contribution >= 0.6 is 0 Å². The molecule has 2 heterocycles. The van der Waals surface area contributed by atoms with Crippen LogP contribution in [0.2, 0.25) is 0 Å². The van der Waals surface area contributed by atoms with E-state index in [-0.39, 0.29) is 24.2 Å². The number of aromatic nitrogens is 2. The summed E-state index contributed by atoms with van der Waals surface area (Å²) in [5.74, 6) is -2.22. The molecule has 2 unspecified atom stereocenters. The molecule has 3 atom stereocenters. The van der Waals surface area contributed by atoms with Crippen LogP contribution < -0.4 is 5.32 Å². The molecule has 2 aliphatic carbocycles. The van der Waals surface area contributed by atoms with Gasteiger partial charge in [-0.3, -0.25) is 4.79 Å². The van der Waals surface area contributed by atoms with E-state index in [0.717, 1.165) is 25.9 Å². The van der Waals surface area contributed by atoms with Crippen molar-refractivity contribution in [1.82, 2.24) is 15.1 Å². The number of nitrogens with zero attached hydrogens (tertiary/aromatic N) is 3. The molecule has 1 aromatic rings. The topological polar surface area (TPSA) is 71.3 Å². The maximum absolute atomic E-state index is 12.6. The van der Waals surface area contributed by atoms with Crippen LogP contribution in [-0.4, -0.2) is 46.3 Å². The average Bonchev–Trinajstić information content (AvgIpc) is 3.47. The van der Waals surface area contributed by atoms with Crippen molar-refractivity contribution in [3.8, 4) is 0 Å². The highest BCUT2D eigenvalue weighted by Crippen LogP contribution is 2.56. The monoisotopic (exact) mass is 358 g/mol. The van der Waals surface area contributed by atoms with Crippen LogP contribution in [0, 0.1) is 11.3 Å². The predicted molar refractivity (Wildman–Crippen MR) is 81.8 cm³/mol. The van der Waals surface area contributed by atoms with Crippen molar-refractivity contribution in [1.29, 1.82) is 0 Å². The van der Waals surface area contributed by atoms with Crippen LogP contribution in [0.4, 0.5) is 19.2 Å². The SMILES string of the molecule is C[C@H](Nc1nnc(C2CC2C(F)(F)F)o1)C(=O)N1CCC2(CC1)CC2. The van der Waals surface area contributed by atoms with Gasteiger partial charge < -0.3 is 14.6 Å². The normalized spacial score (nSPS) is 28.7. The van der Waals surface area contributed by atoms with Gasteiger partial charge in [-0.05, 0) is 44.4 Å². The van der Waals surface area contributed by atoms with E-state index >= 15 is 0 Å². The van der Waals surface area contributed by atoms with Gasteiger partial charge in [-0.2, -0.15) is 13.2 Å². The minimum atomic E-state index is -4.23. The fourth-order valence-electron chi connectivity index (χ4n) is 3.67. The Morgan fingerprint density at radius 3 is 2.52 bits per heavy atom. The van der Waals surface area contributed by atoms with Crippen molar-refractivity contribution in [2.75, 3.05) is 18.4 Å². The van der Waals surface area contributed by atoms with Gasteiger partial charge in [-0.15, -0.1) is 5.10 Å². The summed E-state index contributed by atoms with van der Waals surface area (Å²) in [7, 11) is 0. The first-order valence-electron chi connectivity index (χ1n) is 8.73. The number of alkyl halides is 3. The minimum Gasteiger partial charge on any atom is -0.408 e. The quantitative estimate of drug-likeness (QED) is 0.896. The first-order valence-corrected chi connectivity index (χ1v) is 8.73. The Balaban J connectivity index is 1.31. The highest BCUT2D eigenvalue weighted by atomic mass is 19.4. The van der Waals surface area contributed by atoms with Gasteiger partial charge >= 0.3 is 12.2 Å². The number of halogens is 3. The van der Waals surface area contributed by atoms with Gasteiger partial charge in [0.2, 0.25) is 11.8 Å². The van der Waals surface area contributed by atoms with Crippen LogP contribution in [0.1, 0.15) is 50.8 Å². The van der Waals surface area contributed by atoms with E-state index in [4.69, 9.17) is 4.42 Å². The third-order valence-electron chi connectivity index (χ3n) is 5.77. The molecule has 3 fully saturated rings. The van der Waals surface area contributed by atoms with Gasteiger partial charge in [-0.25, -0.2) is 0 Å². The molecule has 1 amide bonds. The molecule has 4 rings (SSSR count). The number of anilines is 1. The summed E-state index contributed by atoms with van der Waals surface area (Å²) in [5, 5.41) is 10.2. The van der Waals surface area contributed by atoms with E-state index in [2.05, 4.69) is 15.5 Å². The summed E-state index contributed by atoms with van der Waals surface area (Å²) in [4.78, 5) is 14.3. The van der Waals surface area contributed by atoms with Crippen molar-refractivity contribution < 1.29 is 22.4 Å². The van der Waals surface area contributed by atoms with Crippen molar-refractivity contribution >= 4 is 11.9 Å². The zero-order valence-corrected chi connectivity index (χ0v) is 14.0. The van der Waals surface area contributed by atoms with E-state index in [1.165, 1.54) is 12.8 Å². The molecule has 138 valence electrons. The van der Waals surface area contributed by atoms with Crippen LogP contribution in [0.25, 0.3) is 0 Å².